The molecule has 3 fully saturated rings. The van der Waals surface area contributed by atoms with Gasteiger partial charge in [0.05, 0.1) is 24.6 Å². The summed E-state index contributed by atoms with van der Waals surface area (Å²) in [5, 5.41) is 0. The van der Waals surface area contributed by atoms with Crippen LogP contribution >= 0.6 is 0 Å². The van der Waals surface area contributed by atoms with Gasteiger partial charge in [0.2, 0.25) is 0 Å². The third kappa shape index (κ3) is 3.90. The van der Waals surface area contributed by atoms with Crippen LogP contribution in [0.1, 0.15) is 61.3 Å². The molecule has 0 radical (unpaired) electrons. The summed E-state index contributed by atoms with van der Waals surface area (Å²) < 4.78 is 19.3. The summed E-state index contributed by atoms with van der Waals surface area (Å²) in [5.74, 6) is 7.61. The first-order valence-electron chi connectivity index (χ1n) is 14.9. The van der Waals surface area contributed by atoms with Crippen molar-refractivity contribution in [1.29, 1.82) is 0 Å². The third-order valence-corrected chi connectivity index (χ3v) is 10.4. The van der Waals surface area contributed by atoms with Crippen LogP contribution in [0.4, 0.5) is 0 Å². The average Bonchev–Trinajstić information content (AvgIpc) is 3.70. The number of nitrogens with zero attached hydrogens (tertiary/aromatic N) is 2. The number of rotatable bonds is 5. The fourth-order valence-electron chi connectivity index (χ4n) is 8.52. The average molecular weight is 555 g/mol. The van der Waals surface area contributed by atoms with Gasteiger partial charge in [-0.3, -0.25) is 14.5 Å². The molecule has 2 saturated carbocycles. The molecule has 0 unspecified atom stereocenters. The standard InChI is InChI=1S/C34H38N2O5/c1-21-6-5-7-23(18-21)10-13-29(38)35(3)26-14-15-34(41-22(2)37)28-19-25-11-12-27(39-4)31-30(25)33(34,32(26)40-31)16-17-36(28)20-24-8-9-24/h5-7,11-12,18,24,26,28,32H,8-9,14-17,19-20H2,1-4H3/t26-,28+,32-,33-,34+/m0/s1. The first kappa shape index (κ1) is 26.4. The topological polar surface area (TPSA) is 68.3 Å². The van der Waals surface area contributed by atoms with Gasteiger partial charge in [0.25, 0.3) is 5.91 Å². The minimum atomic E-state index is -0.727. The van der Waals surface area contributed by atoms with E-state index in [0.29, 0.717) is 18.6 Å². The highest BCUT2D eigenvalue weighted by Gasteiger charge is 2.75. The molecule has 7 rings (SSSR count). The number of hydrogen-bond acceptors (Lipinski definition) is 6. The minimum Gasteiger partial charge on any atom is -0.493 e. The number of likely N-dealkylation sites (tertiary alicyclic amines) is 1. The Balaban J connectivity index is 1.32. The zero-order valence-corrected chi connectivity index (χ0v) is 24.4. The summed E-state index contributed by atoms with van der Waals surface area (Å²) >= 11 is 0. The van der Waals surface area contributed by atoms with E-state index in [4.69, 9.17) is 14.2 Å². The predicted molar refractivity (Wildman–Crippen MR) is 154 cm³/mol. The van der Waals surface area contributed by atoms with E-state index >= 15 is 0 Å². The van der Waals surface area contributed by atoms with Crippen LogP contribution in [0.2, 0.25) is 0 Å². The van der Waals surface area contributed by atoms with Crippen molar-refractivity contribution >= 4 is 11.9 Å². The normalized spacial score (nSPS) is 30.8. The fraction of sp³-hybridized carbons (Fsp3) is 0.529. The van der Waals surface area contributed by atoms with Crippen molar-refractivity contribution in [3.05, 3.63) is 58.7 Å². The highest BCUT2D eigenvalue weighted by molar-refractivity contribution is 5.94. The summed E-state index contributed by atoms with van der Waals surface area (Å²) in [6.07, 6.45) is 5.12. The molecule has 1 amide bonds. The fourth-order valence-corrected chi connectivity index (χ4v) is 8.52. The number of piperidine rings is 1. The molecule has 0 N–H and O–H groups in total. The molecule has 1 spiro atoms. The van der Waals surface area contributed by atoms with E-state index in [1.807, 2.05) is 44.3 Å². The Kier molecular flexibility index (Phi) is 6.13. The van der Waals surface area contributed by atoms with Gasteiger partial charge in [0.15, 0.2) is 11.5 Å². The van der Waals surface area contributed by atoms with Gasteiger partial charge in [-0.2, -0.15) is 0 Å². The second kappa shape index (κ2) is 9.52. The lowest BCUT2D eigenvalue weighted by Crippen LogP contribution is -2.79. The maximum absolute atomic E-state index is 13.5. The van der Waals surface area contributed by atoms with E-state index in [9.17, 15) is 9.59 Å². The third-order valence-electron chi connectivity index (χ3n) is 10.4. The van der Waals surface area contributed by atoms with Crippen molar-refractivity contribution in [2.24, 2.45) is 5.92 Å². The molecular formula is C34H38N2O5. The van der Waals surface area contributed by atoms with Crippen molar-refractivity contribution in [2.45, 2.75) is 81.6 Å². The molecule has 7 heteroatoms. The van der Waals surface area contributed by atoms with Crippen molar-refractivity contribution in [2.75, 3.05) is 27.2 Å². The first-order valence-corrected chi connectivity index (χ1v) is 14.9. The molecule has 2 aromatic carbocycles. The van der Waals surface area contributed by atoms with Crippen LogP contribution in [0, 0.1) is 24.7 Å². The van der Waals surface area contributed by atoms with Crippen LogP contribution < -0.4 is 9.47 Å². The van der Waals surface area contributed by atoms with Crippen molar-refractivity contribution in [1.82, 2.24) is 9.80 Å². The summed E-state index contributed by atoms with van der Waals surface area (Å²) in [7, 11) is 3.50. The van der Waals surface area contributed by atoms with Crippen LogP contribution in [0.25, 0.3) is 0 Å². The molecule has 3 aliphatic carbocycles. The number of hydrogen-bond donors (Lipinski definition) is 0. The van der Waals surface area contributed by atoms with Gasteiger partial charge in [0.1, 0.15) is 11.7 Å². The second-order valence-corrected chi connectivity index (χ2v) is 12.7. The largest absolute Gasteiger partial charge is 0.493 e. The Morgan fingerprint density at radius 1 is 1.17 bits per heavy atom. The van der Waals surface area contributed by atoms with Gasteiger partial charge in [-0.15, -0.1) is 0 Å². The van der Waals surface area contributed by atoms with Crippen molar-refractivity contribution in [3.63, 3.8) is 0 Å². The number of ether oxygens (including phenoxy) is 3. The smallest absolute Gasteiger partial charge is 0.303 e. The molecule has 0 aromatic heterocycles. The second-order valence-electron chi connectivity index (χ2n) is 12.7. The van der Waals surface area contributed by atoms with E-state index in [-0.39, 0.29) is 30.1 Å². The zero-order chi connectivity index (χ0) is 28.5. The number of benzene rings is 2. The molecule has 214 valence electrons. The van der Waals surface area contributed by atoms with Gasteiger partial charge in [-0.1, -0.05) is 24.1 Å². The molecule has 2 bridgehead atoms. The number of likely N-dealkylation sites (N-methyl/N-ethyl adjacent to an activating group) is 1. The lowest BCUT2D eigenvalue weighted by molar-refractivity contribution is -0.223. The SMILES string of the molecule is COc1ccc2c3c1O[C@H]1[C@@H](N(C)C(=O)C#Cc4cccc(C)c4)CC[C@@]4(OC(C)=O)[C@@H](C2)N(CC2CC2)CC[C@]314. The number of methoxy groups -OCH3 is 1. The summed E-state index contributed by atoms with van der Waals surface area (Å²) in [4.78, 5) is 30.8. The maximum atomic E-state index is 13.5. The maximum Gasteiger partial charge on any atom is 0.303 e. The van der Waals surface area contributed by atoms with Crippen molar-refractivity contribution < 1.29 is 23.8 Å². The molecule has 5 atom stereocenters. The monoisotopic (exact) mass is 554 g/mol. The number of carbonyl (C=O) groups is 2. The summed E-state index contributed by atoms with van der Waals surface area (Å²) in [5.41, 5.74) is 3.00. The van der Waals surface area contributed by atoms with Crippen LogP contribution in [0.5, 0.6) is 11.5 Å². The highest BCUT2D eigenvalue weighted by Crippen LogP contribution is 2.67. The lowest BCUT2D eigenvalue weighted by atomic mass is 9.48. The number of esters is 1. The van der Waals surface area contributed by atoms with Gasteiger partial charge in [0, 0.05) is 37.6 Å². The Hall–Kier alpha value is -3.50. The van der Waals surface area contributed by atoms with E-state index in [1.54, 1.807) is 12.0 Å². The summed E-state index contributed by atoms with van der Waals surface area (Å²) in [6, 6.07) is 11.9. The minimum absolute atomic E-state index is 0.0711. The van der Waals surface area contributed by atoms with E-state index in [2.05, 4.69) is 22.8 Å². The summed E-state index contributed by atoms with van der Waals surface area (Å²) in [6.45, 7) is 5.50. The van der Waals surface area contributed by atoms with E-state index in [0.717, 1.165) is 54.3 Å². The first-order chi connectivity index (χ1) is 19.8. The van der Waals surface area contributed by atoms with Crippen LogP contribution in [0.3, 0.4) is 0 Å². The molecular weight excluding hydrogens is 516 g/mol. The van der Waals surface area contributed by atoms with E-state index in [1.165, 1.54) is 25.3 Å². The quantitative estimate of drug-likeness (QED) is 0.411. The Morgan fingerprint density at radius 3 is 2.73 bits per heavy atom. The molecule has 5 aliphatic rings. The molecule has 41 heavy (non-hydrogen) atoms. The Bertz CT molecular complexity index is 1490. The van der Waals surface area contributed by atoms with Crippen molar-refractivity contribution in [3.8, 4) is 23.3 Å². The molecule has 2 heterocycles. The van der Waals surface area contributed by atoms with Crippen LogP contribution in [-0.2, 0) is 26.2 Å². The lowest BCUT2D eigenvalue weighted by Gasteiger charge is -2.65. The molecule has 7 nitrogen and oxygen atoms in total. The van der Waals surface area contributed by atoms with Crippen LogP contribution in [0.15, 0.2) is 36.4 Å². The highest BCUT2D eigenvalue weighted by atomic mass is 16.6. The van der Waals surface area contributed by atoms with E-state index < -0.39 is 11.0 Å². The Labute approximate surface area is 242 Å². The van der Waals surface area contributed by atoms with Gasteiger partial charge in [-0.05, 0) is 87.2 Å². The molecule has 1 saturated heterocycles. The number of carbonyl (C=O) groups excluding carboxylic acids is 2. The number of amides is 1. The van der Waals surface area contributed by atoms with Crippen LogP contribution in [-0.4, -0.2) is 72.7 Å². The molecule has 2 aliphatic heterocycles. The van der Waals surface area contributed by atoms with Gasteiger partial charge < -0.3 is 19.1 Å². The molecule has 2 aromatic rings. The number of aryl methyl sites for hydroxylation is 1. The van der Waals surface area contributed by atoms with Gasteiger partial charge in [-0.25, -0.2) is 0 Å². The zero-order valence-electron chi connectivity index (χ0n) is 24.4. The predicted octanol–water partition coefficient (Wildman–Crippen LogP) is 4.02. The Morgan fingerprint density at radius 2 is 2.00 bits per heavy atom. The van der Waals surface area contributed by atoms with Gasteiger partial charge >= 0.3 is 5.97 Å².